The highest BCUT2D eigenvalue weighted by atomic mass is 35.5. The van der Waals surface area contributed by atoms with Gasteiger partial charge in [0.25, 0.3) is 5.91 Å². The number of hydrogen-bond acceptors (Lipinski definition) is 5. The first-order valence-corrected chi connectivity index (χ1v) is 7.90. The molecule has 2 aromatic heterocycles. The Hall–Kier alpha value is -1.99. The van der Waals surface area contributed by atoms with Gasteiger partial charge in [-0.15, -0.1) is 10.2 Å². The lowest BCUT2D eigenvalue weighted by Gasteiger charge is -2.28. The number of nitrogens with zero attached hydrogens (tertiary/aromatic N) is 4. The molecule has 0 spiro atoms. The highest BCUT2D eigenvalue weighted by Gasteiger charge is 2.24. The molecule has 3 rings (SSSR count). The van der Waals surface area contributed by atoms with Crippen LogP contribution in [0.3, 0.4) is 0 Å². The van der Waals surface area contributed by atoms with Gasteiger partial charge in [0, 0.05) is 25.5 Å². The summed E-state index contributed by atoms with van der Waals surface area (Å²) in [6, 6.07) is 1.75. The summed E-state index contributed by atoms with van der Waals surface area (Å²) in [6.07, 6.45) is 8.93. The van der Waals surface area contributed by atoms with E-state index in [0.29, 0.717) is 17.5 Å². The van der Waals surface area contributed by atoms with Crippen molar-refractivity contribution < 1.29 is 9.53 Å². The Labute approximate surface area is 139 Å². The maximum Gasteiger partial charge on any atom is 0.254 e. The molecule has 0 bridgehead atoms. The summed E-state index contributed by atoms with van der Waals surface area (Å²) < 4.78 is 7.02. The summed E-state index contributed by atoms with van der Waals surface area (Å²) in [7, 11) is 1.73. The Morgan fingerprint density at radius 1 is 1.35 bits per heavy atom. The maximum atomic E-state index is 12.5. The predicted octanol–water partition coefficient (Wildman–Crippen LogP) is 2.00. The van der Waals surface area contributed by atoms with Crippen molar-refractivity contribution in [2.24, 2.45) is 0 Å². The summed E-state index contributed by atoms with van der Waals surface area (Å²) in [4.78, 5) is 16.4. The normalized spacial score (nSPS) is 21.1. The van der Waals surface area contributed by atoms with Gasteiger partial charge in [-0.1, -0.05) is 11.6 Å². The minimum Gasteiger partial charge on any atom is -0.381 e. The molecule has 0 atom stereocenters. The topological polar surface area (TPSA) is 81.9 Å². The molecular weight excluding hydrogens is 318 g/mol. The van der Waals surface area contributed by atoms with E-state index in [1.807, 2.05) is 0 Å². The zero-order chi connectivity index (χ0) is 16.2. The average molecular weight is 336 g/mol. The molecule has 2 aromatic rings. The minimum atomic E-state index is -0.230. The summed E-state index contributed by atoms with van der Waals surface area (Å²) in [5, 5.41) is 11.0. The van der Waals surface area contributed by atoms with E-state index < -0.39 is 0 Å². The second-order valence-electron chi connectivity index (χ2n) is 5.56. The summed E-state index contributed by atoms with van der Waals surface area (Å²) >= 11 is 6.04. The number of methoxy groups -OCH3 is 1. The van der Waals surface area contributed by atoms with Crippen LogP contribution >= 0.6 is 11.6 Å². The van der Waals surface area contributed by atoms with Crippen LogP contribution in [-0.2, 0) is 4.74 Å². The van der Waals surface area contributed by atoms with Crippen LogP contribution < -0.4 is 5.32 Å². The number of halogens is 1. The molecule has 0 unspecified atom stereocenters. The van der Waals surface area contributed by atoms with Gasteiger partial charge in [-0.3, -0.25) is 9.36 Å². The number of aromatic nitrogens is 4. The summed E-state index contributed by atoms with van der Waals surface area (Å²) in [6.45, 7) is 0. The van der Waals surface area contributed by atoms with Crippen molar-refractivity contribution in [3.05, 3.63) is 35.5 Å². The number of amides is 1. The van der Waals surface area contributed by atoms with Gasteiger partial charge in [0.05, 0.1) is 11.7 Å². The van der Waals surface area contributed by atoms with Crippen LogP contribution in [0.2, 0.25) is 5.15 Å². The van der Waals surface area contributed by atoms with Crippen molar-refractivity contribution in [3.8, 4) is 5.82 Å². The Bertz CT molecular complexity index is 669. The molecule has 1 fully saturated rings. The van der Waals surface area contributed by atoms with E-state index in [-0.39, 0.29) is 17.1 Å². The molecule has 0 aromatic carbocycles. The first-order valence-electron chi connectivity index (χ1n) is 7.52. The molecule has 122 valence electrons. The second-order valence-corrected chi connectivity index (χ2v) is 5.92. The van der Waals surface area contributed by atoms with Crippen molar-refractivity contribution in [1.29, 1.82) is 0 Å². The van der Waals surface area contributed by atoms with Crippen LogP contribution in [0.5, 0.6) is 0 Å². The highest BCUT2D eigenvalue weighted by Crippen LogP contribution is 2.22. The van der Waals surface area contributed by atoms with E-state index in [9.17, 15) is 4.79 Å². The molecule has 23 heavy (non-hydrogen) atoms. The van der Waals surface area contributed by atoms with Crippen LogP contribution in [0, 0.1) is 0 Å². The first-order chi connectivity index (χ1) is 11.2. The van der Waals surface area contributed by atoms with Crippen molar-refractivity contribution in [1.82, 2.24) is 25.1 Å². The fraction of sp³-hybridized carbons (Fsp3) is 0.467. The summed E-state index contributed by atoms with van der Waals surface area (Å²) in [5.74, 6) is 0.271. The van der Waals surface area contributed by atoms with Gasteiger partial charge in [-0.2, -0.15) is 0 Å². The number of rotatable bonds is 4. The zero-order valence-corrected chi connectivity index (χ0v) is 13.5. The Kier molecular flexibility index (Phi) is 4.88. The largest absolute Gasteiger partial charge is 0.381 e. The van der Waals surface area contributed by atoms with E-state index in [0.717, 1.165) is 25.7 Å². The van der Waals surface area contributed by atoms with Crippen molar-refractivity contribution in [3.63, 3.8) is 0 Å². The molecule has 0 aliphatic heterocycles. The van der Waals surface area contributed by atoms with Gasteiger partial charge in [-0.25, -0.2) is 4.98 Å². The molecule has 0 saturated heterocycles. The lowest BCUT2D eigenvalue weighted by Crippen LogP contribution is -2.39. The van der Waals surface area contributed by atoms with Gasteiger partial charge in [0.2, 0.25) is 0 Å². The molecule has 1 aliphatic rings. The maximum absolute atomic E-state index is 12.5. The quantitative estimate of drug-likeness (QED) is 0.924. The molecule has 0 radical (unpaired) electrons. The Morgan fingerprint density at radius 3 is 2.78 bits per heavy atom. The number of nitrogens with one attached hydrogen (secondary N) is 1. The third kappa shape index (κ3) is 3.68. The molecule has 8 heteroatoms. The lowest BCUT2D eigenvalue weighted by atomic mass is 9.93. The number of hydrogen-bond donors (Lipinski definition) is 1. The molecule has 1 N–H and O–H groups in total. The number of ether oxygens (including phenoxy) is 1. The second kappa shape index (κ2) is 7.06. The third-order valence-corrected chi connectivity index (χ3v) is 4.37. The number of carbonyl (C=O) groups excluding carboxylic acids is 1. The fourth-order valence-electron chi connectivity index (χ4n) is 2.75. The molecular formula is C15H18ClN5O2. The molecule has 1 saturated carbocycles. The Morgan fingerprint density at radius 2 is 2.13 bits per heavy atom. The monoisotopic (exact) mass is 335 g/mol. The molecule has 2 heterocycles. The standard InChI is InChI=1S/C15H18ClN5O2/c1-23-11-4-2-10(3-5-11)18-15(22)12-8-13(19-20-14(12)16)21-7-6-17-9-21/h6-11H,2-5H2,1H3,(H,18,22). The van der Waals surface area contributed by atoms with E-state index >= 15 is 0 Å². The van der Waals surface area contributed by atoms with Crippen LogP contribution in [0.4, 0.5) is 0 Å². The van der Waals surface area contributed by atoms with Gasteiger partial charge >= 0.3 is 0 Å². The summed E-state index contributed by atoms with van der Waals surface area (Å²) in [5.41, 5.74) is 0.319. The van der Waals surface area contributed by atoms with Gasteiger partial charge in [0.1, 0.15) is 6.33 Å². The van der Waals surface area contributed by atoms with Gasteiger partial charge < -0.3 is 10.1 Å². The number of imidazole rings is 1. The van der Waals surface area contributed by atoms with E-state index in [1.54, 1.807) is 36.5 Å². The number of carbonyl (C=O) groups is 1. The minimum absolute atomic E-state index is 0.0944. The molecule has 1 amide bonds. The van der Waals surface area contributed by atoms with Crippen LogP contribution in [0.1, 0.15) is 36.0 Å². The van der Waals surface area contributed by atoms with Crippen molar-refractivity contribution in [2.75, 3.05) is 7.11 Å². The third-order valence-electron chi connectivity index (χ3n) is 4.09. The Balaban J connectivity index is 1.71. The predicted molar refractivity (Wildman–Crippen MR) is 84.7 cm³/mol. The van der Waals surface area contributed by atoms with Crippen molar-refractivity contribution in [2.45, 2.75) is 37.8 Å². The van der Waals surface area contributed by atoms with Crippen LogP contribution in [0.15, 0.2) is 24.8 Å². The highest BCUT2D eigenvalue weighted by molar-refractivity contribution is 6.32. The van der Waals surface area contributed by atoms with Crippen LogP contribution in [0.25, 0.3) is 5.82 Å². The molecule has 7 nitrogen and oxygen atoms in total. The smallest absolute Gasteiger partial charge is 0.254 e. The van der Waals surface area contributed by atoms with E-state index in [1.165, 1.54) is 0 Å². The van der Waals surface area contributed by atoms with Gasteiger partial charge in [0.15, 0.2) is 11.0 Å². The lowest BCUT2D eigenvalue weighted by molar-refractivity contribution is 0.0599. The molecule has 1 aliphatic carbocycles. The fourth-order valence-corrected chi connectivity index (χ4v) is 2.93. The zero-order valence-electron chi connectivity index (χ0n) is 12.8. The van der Waals surface area contributed by atoms with Crippen molar-refractivity contribution >= 4 is 17.5 Å². The SMILES string of the molecule is COC1CCC(NC(=O)c2cc(-n3ccnc3)nnc2Cl)CC1. The van der Waals surface area contributed by atoms with E-state index in [2.05, 4.69) is 20.5 Å². The van der Waals surface area contributed by atoms with Crippen LogP contribution in [-0.4, -0.2) is 44.9 Å². The first kappa shape index (κ1) is 15.9. The van der Waals surface area contributed by atoms with Gasteiger partial charge in [-0.05, 0) is 31.7 Å². The van der Waals surface area contributed by atoms with E-state index in [4.69, 9.17) is 16.3 Å². The average Bonchev–Trinajstić information content (AvgIpc) is 3.10.